The highest BCUT2D eigenvalue weighted by Crippen LogP contribution is 2.44. The molecule has 0 saturated carbocycles. The number of carbonyl (C=O) groups excluding carboxylic acids is 1. The zero-order valence-corrected chi connectivity index (χ0v) is 20.0. The van der Waals surface area contributed by atoms with Crippen LogP contribution in [0, 0.1) is 0 Å². The minimum atomic E-state index is -0.270. The van der Waals surface area contributed by atoms with Crippen LogP contribution >= 0.6 is 0 Å². The first-order valence-electron chi connectivity index (χ1n) is 11.7. The molecular weight excluding hydrogens is 458 g/mol. The van der Waals surface area contributed by atoms with E-state index in [1.54, 1.807) is 26.4 Å². The lowest BCUT2D eigenvalue weighted by atomic mass is 9.95. The van der Waals surface area contributed by atoms with Crippen molar-refractivity contribution in [3.8, 4) is 23.0 Å². The van der Waals surface area contributed by atoms with Crippen molar-refractivity contribution in [2.24, 2.45) is 5.10 Å². The van der Waals surface area contributed by atoms with Gasteiger partial charge in [0, 0.05) is 12.1 Å². The van der Waals surface area contributed by atoms with Gasteiger partial charge in [0.15, 0.2) is 35.0 Å². The molecule has 0 spiro atoms. The Labute approximate surface area is 208 Å². The number of carbonyl (C=O) groups is 1. The zero-order chi connectivity index (χ0) is 24.6. The molecule has 0 aromatic heterocycles. The van der Waals surface area contributed by atoms with Crippen LogP contribution in [0.15, 0.2) is 71.8 Å². The van der Waals surface area contributed by atoms with E-state index >= 15 is 0 Å². The lowest BCUT2D eigenvalue weighted by Gasteiger charge is -2.37. The van der Waals surface area contributed by atoms with E-state index in [4.69, 9.17) is 24.0 Å². The summed E-state index contributed by atoms with van der Waals surface area (Å²) >= 11 is 0. The largest absolute Gasteiger partial charge is 0.493 e. The Morgan fingerprint density at radius 3 is 2.58 bits per heavy atom. The van der Waals surface area contributed by atoms with Gasteiger partial charge in [0.2, 0.25) is 12.6 Å². The van der Waals surface area contributed by atoms with Crippen LogP contribution in [0.25, 0.3) is 6.08 Å². The molecule has 0 bridgehead atoms. The monoisotopic (exact) mass is 483 g/mol. The average molecular weight is 484 g/mol. The second-order valence-corrected chi connectivity index (χ2v) is 8.64. The molecule has 182 valence electrons. The Hall–Kier alpha value is -4.46. The van der Waals surface area contributed by atoms with E-state index in [0.717, 1.165) is 28.8 Å². The molecule has 3 aromatic carbocycles. The lowest BCUT2D eigenvalue weighted by molar-refractivity contribution is -0.109. The smallest absolute Gasteiger partial charge is 0.231 e. The molecular formula is C28H25N3O5. The maximum absolute atomic E-state index is 13.4. The Morgan fingerprint density at radius 2 is 1.78 bits per heavy atom. The van der Waals surface area contributed by atoms with Crippen LogP contribution in [0.1, 0.15) is 22.9 Å². The summed E-state index contributed by atoms with van der Waals surface area (Å²) in [4.78, 5) is 15.5. The van der Waals surface area contributed by atoms with E-state index in [2.05, 4.69) is 4.90 Å². The fraction of sp³-hybridized carbons (Fsp3) is 0.214. The maximum atomic E-state index is 13.4. The van der Waals surface area contributed by atoms with Crippen LogP contribution in [0.5, 0.6) is 23.0 Å². The van der Waals surface area contributed by atoms with Crippen LogP contribution in [0.3, 0.4) is 0 Å². The molecule has 0 radical (unpaired) electrons. The summed E-state index contributed by atoms with van der Waals surface area (Å²) in [6, 6.07) is 19.5. The standard InChI is InChI=1S/C28H25N3O5/c1-33-24-15-19-12-13-30-27(22(32)10-8-18-9-11-23-26(14-18)36-17-35-23)29-31(20-6-4-3-5-7-20)28(30)21(19)16-25(24)34-2/h3-11,14-16,28H,12-13,17H2,1-2H3/b10-8+. The summed E-state index contributed by atoms with van der Waals surface area (Å²) in [5, 5.41) is 6.74. The maximum Gasteiger partial charge on any atom is 0.231 e. The third-order valence-corrected chi connectivity index (χ3v) is 6.61. The summed E-state index contributed by atoms with van der Waals surface area (Å²) in [6.45, 7) is 0.862. The number of ether oxygens (including phenoxy) is 4. The Morgan fingerprint density at radius 1 is 1.00 bits per heavy atom. The van der Waals surface area contributed by atoms with Gasteiger partial charge in [-0.2, -0.15) is 0 Å². The highest BCUT2D eigenvalue weighted by Gasteiger charge is 2.42. The number of benzene rings is 3. The zero-order valence-electron chi connectivity index (χ0n) is 20.0. The molecule has 8 heteroatoms. The van der Waals surface area contributed by atoms with Gasteiger partial charge in [-0.25, -0.2) is 5.01 Å². The van der Waals surface area contributed by atoms with Crippen molar-refractivity contribution >= 4 is 23.4 Å². The highest BCUT2D eigenvalue weighted by atomic mass is 16.7. The number of nitrogens with zero attached hydrogens (tertiary/aromatic N) is 3. The Bertz CT molecular complexity index is 1390. The minimum Gasteiger partial charge on any atom is -0.493 e. The van der Waals surface area contributed by atoms with Crippen LogP contribution in [-0.4, -0.2) is 44.1 Å². The van der Waals surface area contributed by atoms with Crippen molar-refractivity contribution < 1.29 is 23.7 Å². The Kier molecular flexibility index (Phi) is 5.48. The minimum absolute atomic E-state index is 0.167. The average Bonchev–Trinajstić information content (AvgIpc) is 3.56. The summed E-state index contributed by atoms with van der Waals surface area (Å²) < 4.78 is 21.9. The molecule has 0 N–H and O–H groups in total. The first-order valence-corrected chi connectivity index (χ1v) is 11.7. The van der Waals surface area contributed by atoms with E-state index in [1.807, 2.05) is 65.7 Å². The van der Waals surface area contributed by atoms with Gasteiger partial charge in [0.05, 0.1) is 19.9 Å². The number of hydrogen-bond donors (Lipinski definition) is 0. The van der Waals surface area contributed by atoms with Gasteiger partial charge < -0.3 is 23.8 Å². The van der Waals surface area contributed by atoms with Gasteiger partial charge >= 0.3 is 0 Å². The Balaban J connectivity index is 1.36. The van der Waals surface area contributed by atoms with Gasteiger partial charge in [-0.3, -0.25) is 4.79 Å². The van der Waals surface area contributed by atoms with Crippen LogP contribution in [0.4, 0.5) is 5.69 Å². The highest BCUT2D eigenvalue weighted by molar-refractivity contribution is 6.44. The molecule has 0 fully saturated rings. The molecule has 36 heavy (non-hydrogen) atoms. The van der Waals surface area contributed by atoms with E-state index in [0.29, 0.717) is 35.4 Å². The molecule has 8 nitrogen and oxygen atoms in total. The number of rotatable bonds is 6. The SMILES string of the molecule is COc1cc2c(cc1OC)C1N(CC2)C(C(=O)/C=C/c2ccc3c(c2)OCO3)=NN1c1ccccc1. The predicted molar refractivity (Wildman–Crippen MR) is 136 cm³/mol. The molecule has 1 unspecified atom stereocenters. The second kappa shape index (κ2) is 8.96. The second-order valence-electron chi connectivity index (χ2n) is 8.64. The summed E-state index contributed by atoms with van der Waals surface area (Å²) in [7, 11) is 3.26. The fourth-order valence-electron chi connectivity index (χ4n) is 4.86. The van der Waals surface area contributed by atoms with Crippen molar-refractivity contribution in [1.82, 2.24) is 4.90 Å². The van der Waals surface area contributed by atoms with Gasteiger partial charge in [-0.15, -0.1) is 5.10 Å². The van der Waals surface area contributed by atoms with Gasteiger partial charge in [0.1, 0.15) is 0 Å². The van der Waals surface area contributed by atoms with Crippen molar-refractivity contribution in [2.45, 2.75) is 12.6 Å². The van der Waals surface area contributed by atoms with Crippen molar-refractivity contribution in [1.29, 1.82) is 0 Å². The number of ketones is 1. The van der Waals surface area contributed by atoms with Crippen LogP contribution in [0.2, 0.25) is 0 Å². The number of methoxy groups -OCH3 is 2. The summed E-state index contributed by atoms with van der Waals surface area (Å²) in [5.74, 6) is 2.96. The normalized spacial score (nSPS) is 17.6. The molecule has 1 atom stereocenters. The molecule has 3 heterocycles. The number of hydrazone groups is 1. The van der Waals surface area contributed by atoms with Crippen molar-refractivity contribution in [3.63, 3.8) is 0 Å². The van der Waals surface area contributed by atoms with E-state index in [9.17, 15) is 4.79 Å². The number of hydrogen-bond acceptors (Lipinski definition) is 8. The number of amidine groups is 1. The van der Waals surface area contributed by atoms with E-state index in [-0.39, 0.29) is 18.7 Å². The fourth-order valence-corrected chi connectivity index (χ4v) is 4.86. The number of anilines is 1. The van der Waals surface area contributed by atoms with Gasteiger partial charge in [-0.05, 0) is 60.0 Å². The molecule has 3 aromatic rings. The van der Waals surface area contributed by atoms with E-state index in [1.165, 1.54) is 0 Å². The van der Waals surface area contributed by atoms with Gasteiger partial charge in [-0.1, -0.05) is 30.3 Å². The lowest BCUT2D eigenvalue weighted by Crippen LogP contribution is -2.42. The van der Waals surface area contributed by atoms with Crippen LogP contribution in [-0.2, 0) is 11.2 Å². The molecule has 0 saturated heterocycles. The first-order chi connectivity index (χ1) is 17.7. The summed E-state index contributed by atoms with van der Waals surface area (Å²) in [6.07, 6.45) is 3.83. The first kappa shape index (κ1) is 22.0. The third-order valence-electron chi connectivity index (χ3n) is 6.61. The predicted octanol–water partition coefficient (Wildman–Crippen LogP) is 4.41. The molecule has 0 amide bonds. The van der Waals surface area contributed by atoms with Crippen molar-refractivity contribution in [3.05, 3.63) is 83.4 Å². The van der Waals surface area contributed by atoms with Crippen LogP contribution < -0.4 is 24.0 Å². The topological polar surface area (TPSA) is 72.8 Å². The quantitative estimate of drug-likeness (QED) is 0.481. The molecule has 3 aliphatic rings. The number of para-hydroxylation sites is 1. The molecule has 6 rings (SSSR count). The third kappa shape index (κ3) is 3.71. The summed E-state index contributed by atoms with van der Waals surface area (Å²) in [5.41, 5.74) is 3.94. The molecule has 0 aliphatic carbocycles. The van der Waals surface area contributed by atoms with Crippen molar-refractivity contribution in [2.75, 3.05) is 32.6 Å². The van der Waals surface area contributed by atoms with E-state index < -0.39 is 0 Å². The number of fused-ring (bicyclic) bond motifs is 4. The molecule has 3 aliphatic heterocycles. The van der Waals surface area contributed by atoms with Gasteiger partial charge in [0.25, 0.3) is 0 Å².